The van der Waals surface area contributed by atoms with Crippen LogP contribution in [0.3, 0.4) is 0 Å². The predicted molar refractivity (Wildman–Crippen MR) is 70.9 cm³/mol. The van der Waals surface area contributed by atoms with Gasteiger partial charge in [-0.1, -0.05) is 6.92 Å². The highest BCUT2D eigenvalue weighted by Gasteiger charge is 2.10. The van der Waals surface area contributed by atoms with Crippen molar-refractivity contribution in [1.29, 1.82) is 0 Å². The molecule has 0 radical (unpaired) electrons. The first kappa shape index (κ1) is 18.3. The van der Waals surface area contributed by atoms with E-state index in [9.17, 15) is 19.2 Å². The Kier molecular flexibility index (Phi) is 9.24. The minimum atomic E-state index is -0.516. The van der Waals surface area contributed by atoms with Crippen LogP contribution in [0.2, 0.25) is 0 Å². The van der Waals surface area contributed by atoms with Gasteiger partial charge in [-0.3, -0.25) is 19.2 Å². The van der Waals surface area contributed by atoms with E-state index in [1.807, 2.05) is 6.92 Å². The molecule has 0 aliphatic carbocycles. The smallest absolute Gasteiger partial charge is 0.313 e. The number of hydrogen-bond donors (Lipinski definition) is 0. The topological polar surface area (TPSA) is 86.7 Å². The lowest BCUT2D eigenvalue weighted by Crippen LogP contribution is -2.15. The lowest BCUT2D eigenvalue weighted by Gasteiger charge is -2.11. The molecule has 0 bridgehead atoms. The van der Waals surface area contributed by atoms with Crippen LogP contribution in [-0.2, 0) is 28.7 Å². The zero-order chi connectivity index (χ0) is 15.5. The molecule has 20 heavy (non-hydrogen) atoms. The van der Waals surface area contributed by atoms with Crippen LogP contribution in [0.15, 0.2) is 0 Å². The van der Waals surface area contributed by atoms with Crippen LogP contribution in [0.5, 0.6) is 0 Å². The molecule has 0 heterocycles. The molecule has 0 aromatic carbocycles. The Morgan fingerprint density at radius 2 is 1.40 bits per heavy atom. The molecule has 1 unspecified atom stereocenters. The van der Waals surface area contributed by atoms with Crippen molar-refractivity contribution in [3.8, 4) is 0 Å². The van der Waals surface area contributed by atoms with E-state index in [1.54, 1.807) is 0 Å². The highest BCUT2D eigenvalue weighted by molar-refractivity contribution is 5.94. The van der Waals surface area contributed by atoms with Crippen LogP contribution in [0, 0.1) is 5.92 Å². The molecule has 0 fully saturated rings. The van der Waals surface area contributed by atoms with Gasteiger partial charge in [0.05, 0.1) is 13.2 Å². The van der Waals surface area contributed by atoms with Crippen LogP contribution in [0.4, 0.5) is 0 Å². The van der Waals surface area contributed by atoms with Crippen molar-refractivity contribution in [3.05, 3.63) is 0 Å². The van der Waals surface area contributed by atoms with Crippen LogP contribution >= 0.6 is 0 Å². The lowest BCUT2D eigenvalue weighted by molar-refractivity contribution is -0.147. The summed E-state index contributed by atoms with van der Waals surface area (Å²) in [5.74, 6) is -1.35. The second-order valence-corrected chi connectivity index (χ2v) is 4.91. The van der Waals surface area contributed by atoms with E-state index in [2.05, 4.69) is 0 Å². The van der Waals surface area contributed by atoms with Crippen LogP contribution in [-0.4, -0.2) is 36.7 Å². The molecule has 0 rings (SSSR count). The minimum absolute atomic E-state index is 0.123. The number of rotatable bonds is 10. The summed E-state index contributed by atoms with van der Waals surface area (Å²) < 4.78 is 9.80. The second-order valence-electron chi connectivity index (χ2n) is 4.91. The zero-order valence-electron chi connectivity index (χ0n) is 12.3. The first-order valence-electron chi connectivity index (χ1n) is 6.61. The molecule has 0 aliphatic heterocycles. The zero-order valence-corrected chi connectivity index (χ0v) is 12.3. The third-order valence-corrected chi connectivity index (χ3v) is 2.42. The summed E-state index contributed by atoms with van der Waals surface area (Å²) in [6.45, 7) is 5.06. The van der Waals surface area contributed by atoms with E-state index in [1.165, 1.54) is 13.8 Å². The van der Waals surface area contributed by atoms with Crippen molar-refractivity contribution in [2.45, 2.75) is 46.5 Å². The third kappa shape index (κ3) is 11.4. The summed E-state index contributed by atoms with van der Waals surface area (Å²) >= 11 is 0. The summed E-state index contributed by atoms with van der Waals surface area (Å²) in [6.07, 6.45) is 0.962. The third-order valence-electron chi connectivity index (χ3n) is 2.42. The van der Waals surface area contributed by atoms with E-state index in [4.69, 9.17) is 9.47 Å². The fourth-order valence-corrected chi connectivity index (χ4v) is 1.44. The average molecular weight is 286 g/mol. The van der Waals surface area contributed by atoms with Gasteiger partial charge < -0.3 is 9.47 Å². The molecule has 6 nitrogen and oxygen atoms in total. The molecule has 0 spiro atoms. The van der Waals surface area contributed by atoms with Crippen molar-refractivity contribution in [2.24, 2.45) is 5.92 Å². The highest BCUT2D eigenvalue weighted by atomic mass is 16.5. The molecule has 0 N–H and O–H groups in total. The number of esters is 2. The largest absolute Gasteiger partial charge is 0.465 e. The second kappa shape index (κ2) is 10.1. The van der Waals surface area contributed by atoms with Gasteiger partial charge in [0.25, 0.3) is 0 Å². The molecule has 114 valence electrons. The Bertz CT molecular complexity index is 361. The molecular weight excluding hydrogens is 264 g/mol. The van der Waals surface area contributed by atoms with Crippen molar-refractivity contribution < 1.29 is 28.7 Å². The maximum Gasteiger partial charge on any atom is 0.313 e. The number of carbonyl (C=O) groups is 4. The van der Waals surface area contributed by atoms with Crippen LogP contribution in [0.1, 0.15) is 46.5 Å². The van der Waals surface area contributed by atoms with E-state index in [0.717, 1.165) is 6.42 Å². The van der Waals surface area contributed by atoms with Gasteiger partial charge in [0, 0.05) is 0 Å². The monoisotopic (exact) mass is 286 g/mol. The van der Waals surface area contributed by atoms with Crippen molar-refractivity contribution in [3.63, 3.8) is 0 Å². The Balaban J connectivity index is 3.61. The van der Waals surface area contributed by atoms with Gasteiger partial charge in [-0.25, -0.2) is 0 Å². The summed E-state index contributed by atoms with van der Waals surface area (Å²) in [5, 5.41) is 0. The molecule has 0 aromatic heterocycles. The maximum atomic E-state index is 11.1. The lowest BCUT2D eigenvalue weighted by atomic mass is 10.1. The predicted octanol–water partition coefficient (Wildman–Crippen LogP) is 1.45. The molecule has 0 aliphatic rings. The summed E-state index contributed by atoms with van der Waals surface area (Å²) in [5.41, 5.74) is 0. The van der Waals surface area contributed by atoms with Crippen molar-refractivity contribution in [1.82, 2.24) is 0 Å². The number of hydrogen-bond acceptors (Lipinski definition) is 6. The first-order chi connectivity index (χ1) is 9.31. The van der Waals surface area contributed by atoms with Gasteiger partial charge in [0.2, 0.25) is 0 Å². The number of carbonyl (C=O) groups excluding carboxylic acids is 4. The van der Waals surface area contributed by atoms with Gasteiger partial charge in [0.1, 0.15) is 24.4 Å². The Morgan fingerprint density at radius 1 is 0.900 bits per heavy atom. The molecule has 0 aromatic rings. The Labute approximate surface area is 118 Å². The Hall–Kier alpha value is -1.72. The van der Waals surface area contributed by atoms with Crippen molar-refractivity contribution in [2.75, 3.05) is 13.2 Å². The van der Waals surface area contributed by atoms with Crippen molar-refractivity contribution >= 4 is 23.5 Å². The number of ketones is 2. The normalized spacial score (nSPS) is 11.6. The van der Waals surface area contributed by atoms with Gasteiger partial charge in [-0.05, 0) is 32.6 Å². The quantitative estimate of drug-likeness (QED) is 0.343. The van der Waals surface area contributed by atoms with E-state index < -0.39 is 11.9 Å². The standard InChI is InChI=1S/C14H22O6/c1-10(9-20-14(18)8-12(3)16)5-4-6-19-13(17)7-11(2)15/h10H,4-9H2,1-3H3. The highest BCUT2D eigenvalue weighted by Crippen LogP contribution is 2.07. The average Bonchev–Trinajstić information content (AvgIpc) is 2.30. The van der Waals surface area contributed by atoms with Gasteiger partial charge in [-0.15, -0.1) is 0 Å². The summed E-state index contributed by atoms with van der Waals surface area (Å²) in [4.78, 5) is 43.5. The Morgan fingerprint density at radius 3 is 1.90 bits per heavy atom. The molecular formula is C14H22O6. The number of ether oxygens (including phenoxy) is 2. The minimum Gasteiger partial charge on any atom is -0.465 e. The number of Topliss-reactive ketones (excluding diaryl/α,β-unsaturated/α-hetero) is 2. The molecule has 0 saturated carbocycles. The van der Waals surface area contributed by atoms with E-state index in [-0.39, 0.29) is 43.5 Å². The molecule has 6 heteroatoms. The van der Waals surface area contributed by atoms with Gasteiger partial charge >= 0.3 is 11.9 Å². The maximum absolute atomic E-state index is 11.1. The van der Waals surface area contributed by atoms with Crippen LogP contribution < -0.4 is 0 Å². The van der Waals surface area contributed by atoms with Crippen LogP contribution in [0.25, 0.3) is 0 Å². The molecule has 1 atom stereocenters. The fraction of sp³-hybridized carbons (Fsp3) is 0.714. The summed E-state index contributed by atoms with van der Waals surface area (Å²) in [6, 6.07) is 0. The van der Waals surface area contributed by atoms with Gasteiger partial charge in [0.15, 0.2) is 0 Å². The van der Waals surface area contributed by atoms with E-state index >= 15 is 0 Å². The van der Waals surface area contributed by atoms with E-state index in [0.29, 0.717) is 6.42 Å². The summed E-state index contributed by atoms with van der Waals surface area (Å²) in [7, 11) is 0. The van der Waals surface area contributed by atoms with Gasteiger partial charge in [-0.2, -0.15) is 0 Å². The first-order valence-corrected chi connectivity index (χ1v) is 6.61. The molecule has 0 saturated heterocycles. The SMILES string of the molecule is CC(=O)CC(=O)OCCCC(C)COC(=O)CC(C)=O. The fourth-order valence-electron chi connectivity index (χ4n) is 1.44. The molecule has 0 amide bonds.